The fourth-order valence-corrected chi connectivity index (χ4v) is 4.62. The Kier molecular flexibility index (Phi) is 10.4. The summed E-state index contributed by atoms with van der Waals surface area (Å²) < 4.78 is 10.4. The lowest BCUT2D eigenvalue weighted by Crippen LogP contribution is -2.58. The van der Waals surface area contributed by atoms with E-state index in [9.17, 15) is 19.7 Å². The van der Waals surface area contributed by atoms with E-state index in [1.54, 1.807) is 24.1 Å². The van der Waals surface area contributed by atoms with Crippen LogP contribution in [0.25, 0.3) is 0 Å². The SMILES string of the molecule is COCC(=O)N1CCC(N(Cc2ccc([N+](=O)[O-])cc2)Cc2cccc(OC)c2)C[C@@H]1C(=O)NCCN. The monoisotopic (exact) mass is 513 g/mol. The molecule has 2 aromatic rings. The van der Waals surface area contributed by atoms with E-state index in [0.29, 0.717) is 45.6 Å². The largest absolute Gasteiger partial charge is 0.497 e. The van der Waals surface area contributed by atoms with Gasteiger partial charge in [-0.3, -0.25) is 24.6 Å². The summed E-state index contributed by atoms with van der Waals surface area (Å²) in [6.45, 7) is 2.02. The number of nitro groups is 1. The van der Waals surface area contributed by atoms with Gasteiger partial charge in [-0.25, -0.2) is 0 Å². The van der Waals surface area contributed by atoms with E-state index in [1.807, 2.05) is 24.3 Å². The van der Waals surface area contributed by atoms with Crippen LogP contribution >= 0.6 is 0 Å². The van der Waals surface area contributed by atoms with Crippen molar-refractivity contribution >= 4 is 17.5 Å². The van der Waals surface area contributed by atoms with Crippen molar-refractivity contribution in [3.05, 3.63) is 69.8 Å². The van der Waals surface area contributed by atoms with Gasteiger partial charge in [0.2, 0.25) is 11.8 Å². The summed E-state index contributed by atoms with van der Waals surface area (Å²) in [7, 11) is 3.07. The summed E-state index contributed by atoms with van der Waals surface area (Å²) in [6, 6.07) is 13.6. The van der Waals surface area contributed by atoms with E-state index in [-0.39, 0.29) is 30.2 Å². The summed E-state index contributed by atoms with van der Waals surface area (Å²) >= 11 is 0. The molecule has 3 N–H and O–H groups in total. The molecule has 0 bridgehead atoms. The Morgan fingerprint density at radius 2 is 1.89 bits per heavy atom. The fourth-order valence-electron chi connectivity index (χ4n) is 4.62. The third-order valence-electron chi connectivity index (χ3n) is 6.48. The van der Waals surface area contributed by atoms with Gasteiger partial charge in [0.25, 0.3) is 5.69 Å². The molecule has 0 saturated carbocycles. The first kappa shape index (κ1) is 28.0. The highest BCUT2D eigenvalue weighted by Crippen LogP contribution is 2.27. The van der Waals surface area contributed by atoms with Gasteiger partial charge >= 0.3 is 0 Å². The number of benzene rings is 2. The molecule has 37 heavy (non-hydrogen) atoms. The zero-order valence-corrected chi connectivity index (χ0v) is 21.3. The molecular weight excluding hydrogens is 478 g/mol. The number of nitrogens with one attached hydrogen (secondary N) is 1. The molecule has 1 unspecified atom stereocenters. The molecule has 2 atom stereocenters. The van der Waals surface area contributed by atoms with Gasteiger partial charge in [0.05, 0.1) is 12.0 Å². The number of non-ortho nitro benzene ring substituents is 1. The van der Waals surface area contributed by atoms with Crippen molar-refractivity contribution in [1.29, 1.82) is 0 Å². The van der Waals surface area contributed by atoms with Crippen LogP contribution in [-0.4, -0.2) is 79.1 Å². The van der Waals surface area contributed by atoms with Gasteiger partial charge in [0.15, 0.2) is 0 Å². The van der Waals surface area contributed by atoms with Crippen LogP contribution in [0.15, 0.2) is 48.5 Å². The standard InChI is InChI=1S/C26H35N5O6/c1-36-18-25(32)30-13-10-22(15-24(30)26(33)28-12-11-27)29(17-20-4-3-5-23(14-20)37-2)16-19-6-8-21(9-7-19)31(34)35/h3-9,14,22,24H,10-13,15-18,27H2,1-2H3,(H,28,33)/t22?,24-/m1/s1. The Labute approximate surface area is 216 Å². The number of nitro benzene ring substituents is 1. The number of ether oxygens (including phenoxy) is 2. The van der Waals surface area contributed by atoms with E-state index in [1.165, 1.54) is 19.2 Å². The zero-order chi connectivity index (χ0) is 26.8. The smallest absolute Gasteiger partial charge is 0.269 e. The highest BCUT2D eigenvalue weighted by atomic mass is 16.6. The summed E-state index contributed by atoms with van der Waals surface area (Å²) in [5.74, 6) is 0.270. The molecule has 0 aliphatic carbocycles. The number of piperidine rings is 1. The van der Waals surface area contributed by atoms with Gasteiger partial charge in [-0.2, -0.15) is 0 Å². The molecule has 0 aromatic heterocycles. The zero-order valence-electron chi connectivity index (χ0n) is 21.3. The van der Waals surface area contributed by atoms with Crippen LogP contribution in [0.1, 0.15) is 24.0 Å². The van der Waals surface area contributed by atoms with Gasteiger partial charge in [0, 0.05) is 58.0 Å². The Hall–Kier alpha value is -3.54. The van der Waals surface area contributed by atoms with E-state index in [2.05, 4.69) is 10.2 Å². The van der Waals surface area contributed by atoms with Crippen molar-refractivity contribution in [2.45, 2.75) is 38.0 Å². The van der Waals surface area contributed by atoms with Gasteiger partial charge < -0.3 is 25.4 Å². The molecule has 2 aromatic carbocycles. The molecule has 3 rings (SSSR count). The van der Waals surface area contributed by atoms with Crippen molar-refractivity contribution in [2.75, 3.05) is 40.5 Å². The first-order valence-corrected chi connectivity index (χ1v) is 12.2. The Morgan fingerprint density at radius 1 is 1.16 bits per heavy atom. The molecule has 1 fully saturated rings. The third-order valence-corrected chi connectivity index (χ3v) is 6.48. The maximum absolute atomic E-state index is 13.0. The van der Waals surface area contributed by atoms with Crippen LogP contribution < -0.4 is 15.8 Å². The Bertz CT molecular complexity index is 1060. The summed E-state index contributed by atoms with van der Waals surface area (Å²) in [5, 5.41) is 13.9. The topological polar surface area (TPSA) is 140 Å². The number of likely N-dealkylation sites (tertiary alicyclic amines) is 1. The maximum Gasteiger partial charge on any atom is 0.269 e. The van der Waals surface area contributed by atoms with E-state index >= 15 is 0 Å². The lowest BCUT2D eigenvalue weighted by molar-refractivity contribution is -0.384. The van der Waals surface area contributed by atoms with Crippen LogP contribution in [-0.2, 0) is 27.4 Å². The van der Waals surface area contributed by atoms with Crippen LogP contribution in [0.4, 0.5) is 5.69 Å². The van der Waals surface area contributed by atoms with E-state index < -0.39 is 11.0 Å². The van der Waals surface area contributed by atoms with Crippen LogP contribution in [0, 0.1) is 10.1 Å². The maximum atomic E-state index is 13.0. The van der Waals surface area contributed by atoms with Gasteiger partial charge in [0.1, 0.15) is 18.4 Å². The van der Waals surface area contributed by atoms with Gasteiger partial charge in [-0.1, -0.05) is 24.3 Å². The fraction of sp³-hybridized carbons (Fsp3) is 0.462. The predicted molar refractivity (Wildman–Crippen MR) is 138 cm³/mol. The van der Waals surface area contributed by atoms with Crippen molar-refractivity contribution in [1.82, 2.24) is 15.1 Å². The number of rotatable bonds is 12. The summed E-state index contributed by atoms with van der Waals surface area (Å²) in [4.78, 5) is 40.3. The van der Waals surface area contributed by atoms with Crippen LogP contribution in [0.2, 0.25) is 0 Å². The average Bonchev–Trinajstić information content (AvgIpc) is 2.91. The van der Waals surface area contributed by atoms with Crippen LogP contribution in [0.5, 0.6) is 5.75 Å². The number of methoxy groups -OCH3 is 2. The minimum absolute atomic E-state index is 0.0263. The first-order valence-electron chi connectivity index (χ1n) is 12.2. The Morgan fingerprint density at radius 3 is 2.54 bits per heavy atom. The summed E-state index contributed by atoms with van der Waals surface area (Å²) in [5.41, 5.74) is 7.55. The van der Waals surface area contributed by atoms with Crippen molar-refractivity contribution in [3.63, 3.8) is 0 Å². The normalized spacial score (nSPS) is 17.5. The van der Waals surface area contributed by atoms with Crippen molar-refractivity contribution in [3.8, 4) is 5.75 Å². The first-order chi connectivity index (χ1) is 17.9. The molecule has 1 saturated heterocycles. The average molecular weight is 514 g/mol. The molecule has 0 spiro atoms. The third kappa shape index (κ3) is 7.72. The number of hydrogen-bond acceptors (Lipinski definition) is 8. The summed E-state index contributed by atoms with van der Waals surface area (Å²) in [6.07, 6.45) is 1.09. The number of nitrogens with zero attached hydrogens (tertiary/aromatic N) is 3. The number of hydrogen-bond donors (Lipinski definition) is 2. The second kappa shape index (κ2) is 13.7. The quantitative estimate of drug-likeness (QED) is 0.323. The second-order valence-corrected chi connectivity index (χ2v) is 8.97. The molecule has 1 heterocycles. The van der Waals surface area contributed by atoms with Gasteiger partial charge in [-0.15, -0.1) is 0 Å². The second-order valence-electron chi connectivity index (χ2n) is 8.97. The minimum Gasteiger partial charge on any atom is -0.497 e. The van der Waals surface area contributed by atoms with Crippen LogP contribution in [0.3, 0.4) is 0 Å². The predicted octanol–water partition coefficient (Wildman–Crippen LogP) is 1.69. The molecule has 2 amide bonds. The molecule has 200 valence electrons. The molecule has 11 heteroatoms. The molecule has 0 radical (unpaired) electrons. The highest BCUT2D eigenvalue weighted by Gasteiger charge is 2.38. The number of amides is 2. The molecule has 11 nitrogen and oxygen atoms in total. The number of nitrogens with two attached hydrogens (primary N) is 1. The van der Waals surface area contributed by atoms with E-state index in [0.717, 1.165) is 16.9 Å². The molecule has 1 aliphatic heterocycles. The minimum atomic E-state index is -0.655. The van der Waals surface area contributed by atoms with Crippen molar-refractivity contribution in [2.24, 2.45) is 5.73 Å². The molecule has 1 aliphatic rings. The van der Waals surface area contributed by atoms with Crippen molar-refractivity contribution < 1.29 is 24.0 Å². The number of carbonyl (C=O) groups is 2. The Balaban J connectivity index is 1.87. The number of carbonyl (C=O) groups excluding carboxylic acids is 2. The lowest BCUT2D eigenvalue weighted by atomic mass is 9.93. The molecular formula is C26H35N5O6. The highest BCUT2D eigenvalue weighted by molar-refractivity contribution is 5.88. The lowest BCUT2D eigenvalue weighted by Gasteiger charge is -2.43. The van der Waals surface area contributed by atoms with E-state index in [4.69, 9.17) is 15.2 Å². The van der Waals surface area contributed by atoms with Gasteiger partial charge in [-0.05, 0) is 36.1 Å².